The molecule has 0 bridgehead atoms. The summed E-state index contributed by atoms with van der Waals surface area (Å²) in [6.07, 6.45) is 7.71. The smallest absolute Gasteiger partial charge is 0.159 e. The quantitative estimate of drug-likeness (QED) is 0.394. The Morgan fingerprint density at radius 2 is 1.70 bits per heavy atom. The zero-order chi connectivity index (χ0) is 22.5. The molecule has 5 nitrogen and oxygen atoms in total. The van der Waals surface area contributed by atoms with Gasteiger partial charge in [0.2, 0.25) is 0 Å². The number of methoxy groups -OCH3 is 1. The van der Waals surface area contributed by atoms with Crippen LogP contribution < -0.4 is 4.74 Å². The molecule has 4 aromatic rings. The van der Waals surface area contributed by atoms with E-state index in [1.165, 1.54) is 5.56 Å². The summed E-state index contributed by atoms with van der Waals surface area (Å²) in [5, 5.41) is 0. The predicted octanol–water partition coefficient (Wildman–Crippen LogP) is 5.59. The third-order valence-corrected chi connectivity index (χ3v) is 6.36. The van der Waals surface area contributed by atoms with Crippen molar-refractivity contribution in [3.05, 3.63) is 96.6 Å². The number of hydrogen-bond acceptors (Lipinski definition) is 5. The van der Waals surface area contributed by atoms with Gasteiger partial charge >= 0.3 is 0 Å². The molecular formula is C28H28N4O. The Labute approximate surface area is 195 Å². The zero-order valence-corrected chi connectivity index (χ0v) is 18.9. The Morgan fingerprint density at radius 3 is 2.45 bits per heavy atom. The van der Waals surface area contributed by atoms with E-state index < -0.39 is 0 Å². The van der Waals surface area contributed by atoms with Crippen molar-refractivity contribution in [2.24, 2.45) is 0 Å². The summed E-state index contributed by atoms with van der Waals surface area (Å²) in [6, 6.07) is 22.8. The molecular weight excluding hydrogens is 408 g/mol. The molecule has 1 saturated heterocycles. The molecule has 166 valence electrons. The van der Waals surface area contributed by atoms with Crippen molar-refractivity contribution in [3.8, 4) is 28.3 Å². The molecule has 0 unspecified atom stereocenters. The van der Waals surface area contributed by atoms with E-state index in [2.05, 4.69) is 52.3 Å². The molecule has 2 aromatic carbocycles. The molecule has 0 saturated carbocycles. The molecule has 1 fully saturated rings. The minimum Gasteiger partial charge on any atom is -0.497 e. The van der Waals surface area contributed by atoms with Gasteiger partial charge in [0, 0.05) is 42.2 Å². The van der Waals surface area contributed by atoms with Crippen molar-refractivity contribution in [1.29, 1.82) is 0 Å². The van der Waals surface area contributed by atoms with Crippen molar-refractivity contribution in [1.82, 2.24) is 19.9 Å². The first-order chi connectivity index (χ1) is 16.3. The van der Waals surface area contributed by atoms with Gasteiger partial charge in [0.05, 0.1) is 12.8 Å². The molecule has 0 atom stereocenters. The standard InChI is InChI=1S/C28H28N4O/c1-33-25-9-5-8-24(18-25)26-19-30-28(23-10-14-29-15-11-23)31-27(26)22-12-16-32(17-13-22)20-21-6-3-2-4-7-21/h2-11,14-15,18-19,22H,12-13,16-17,20H2,1H3. The number of ether oxygens (including phenoxy) is 1. The van der Waals surface area contributed by atoms with E-state index in [4.69, 9.17) is 14.7 Å². The van der Waals surface area contributed by atoms with Crippen molar-refractivity contribution in [3.63, 3.8) is 0 Å². The first-order valence-corrected chi connectivity index (χ1v) is 11.5. The Balaban J connectivity index is 1.44. The lowest BCUT2D eigenvalue weighted by Gasteiger charge is -2.32. The van der Waals surface area contributed by atoms with Gasteiger partial charge in [-0.25, -0.2) is 9.97 Å². The van der Waals surface area contributed by atoms with Gasteiger partial charge in [-0.05, 0) is 61.3 Å². The van der Waals surface area contributed by atoms with Crippen LogP contribution in [-0.4, -0.2) is 40.1 Å². The molecule has 33 heavy (non-hydrogen) atoms. The van der Waals surface area contributed by atoms with Gasteiger partial charge in [0.1, 0.15) is 5.75 Å². The Morgan fingerprint density at radius 1 is 0.909 bits per heavy atom. The summed E-state index contributed by atoms with van der Waals surface area (Å²) in [5.74, 6) is 1.99. The van der Waals surface area contributed by atoms with Crippen LogP contribution in [0.5, 0.6) is 5.75 Å². The average molecular weight is 437 g/mol. The summed E-state index contributed by atoms with van der Waals surface area (Å²) in [4.78, 5) is 16.5. The molecule has 0 aliphatic carbocycles. The SMILES string of the molecule is COc1cccc(-c2cnc(-c3ccncc3)nc2C2CCN(Cc3ccccc3)CC2)c1. The maximum atomic E-state index is 5.47. The van der Waals surface area contributed by atoms with E-state index in [9.17, 15) is 0 Å². The van der Waals surface area contributed by atoms with Crippen molar-refractivity contribution < 1.29 is 4.74 Å². The summed E-state index contributed by atoms with van der Waals surface area (Å²) in [7, 11) is 1.70. The Hall–Kier alpha value is -3.57. The van der Waals surface area contributed by atoms with Crippen LogP contribution in [0.15, 0.2) is 85.3 Å². The summed E-state index contributed by atoms with van der Waals surface area (Å²) >= 11 is 0. The first kappa shape index (κ1) is 21.3. The molecule has 3 heterocycles. The predicted molar refractivity (Wildman–Crippen MR) is 131 cm³/mol. The van der Waals surface area contributed by atoms with Gasteiger partial charge < -0.3 is 4.74 Å². The van der Waals surface area contributed by atoms with E-state index in [0.29, 0.717) is 5.92 Å². The van der Waals surface area contributed by atoms with Gasteiger partial charge in [-0.3, -0.25) is 9.88 Å². The monoisotopic (exact) mass is 436 g/mol. The second kappa shape index (κ2) is 9.92. The maximum Gasteiger partial charge on any atom is 0.159 e. The number of hydrogen-bond donors (Lipinski definition) is 0. The topological polar surface area (TPSA) is 51.1 Å². The molecule has 0 spiro atoms. The van der Waals surface area contributed by atoms with Crippen LogP contribution in [0.4, 0.5) is 0 Å². The fourth-order valence-corrected chi connectivity index (χ4v) is 4.57. The highest BCUT2D eigenvalue weighted by Gasteiger charge is 2.25. The zero-order valence-electron chi connectivity index (χ0n) is 18.9. The second-order valence-electron chi connectivity index (χ2n) is 8.50. The highest BCUT2D eigenvalue weighted by atomic mass is 16.5. The number of benzene rings is 2. The molecule has 2 aromatic heterocycles. The minimum absolute atomic E-state index is 0.391. The number of piperidine rings is 1. The first-order valence-electron chi connectivity index (χ1n) is 11.5. The third-order valence-electron chi connectivity index (χ3n) is 6.36. The van der Waals surface area contributed by atoms with E-state index in [1.807, 2.05) is 30.5 Å². The van der Waals surface area contributed by atoms with Crippen molar-refractivity contribution in [2.45, 2.75) is 25.3 Å². The summed E-state index contributed by atoms with van der Waals surface area (Å²) < 4.78 is 5.47. The molecule has 5 rings (SSSR count). The number of nitrogens with zero attached hydrogens (tertiary/aromatic N) is 4. The van der Waals surface area contributed by atoms with Gasteiger partial charge in [0.15, 0.2) is 5.82 Å². The van der Waals surface area contributed by atoms with Crippen LogP contribution in [0.1, 0.15) is 30.0 Å². The Bertz CT molecular complexity index is 1190. The average Bonchev–Trinajstić information content (AvgIpc) is 2.90. The van der Waals surface area contributed by atoms with Gasteiger partial charge in [-0.15, -0.1) is 0 Å². The number of aromatic nitrogens is 3. The molecule has 1 aliphatic rings. The lowest BCUT2D eigenvalue weighted by atomic mass is 9.88. The van der Waals surface area contributed by atoms with E-state index >= 15 is 0 Å². The van der Waals surface area contributed by atoms with E-state index in [0.717, 1.165) is 66.4 Å². The fourth-order valence-electron chi connectivity index (χ4n) is 4.57. The largest absolute Gasteiger partial charge is 0.497 e. The molecule has 0 N–H and O–H groups in total. The van der Waals surface area contributed by atoms with Crippen molar-refractivity contribution in [2.75, 3.05) is 20.2 Å². The number of rotatable bonds is 6. The highest BCUT2D eigenvalue weighted by Crippen LogP contribution is 2.36. The molecule has 1 aliphatic heterocycles. The minimum atomic E-state index is 0.391. The fraction of sp³-hybridized carbons (Fsp3) is 0.250. The van der Waals surface area contributed by atoms with Gasteiger partial charge in [-0.1, -0.05) is 42.5 Å². The number of likely N-dealkylation sites (tertiary alicyclic amines) is 1. The Kier molecular flexibility index (Phi) is 6.40. The van der Waals surface area contributed by atoms with Crippen LogP contribution >= 0.6 is 0 Å². The summed E-state index contributed by atoms with van der Waals surface area (Å²) in [6.45, 7) is 3.12. The third kappa shape index (κ3) is 4.94. The van der Waals surface area contributed by atoms with E-state index in [-0.39, 0.29) is 0 Å². The van der Waals surface area contributed by atoms with Crippen molar-refractivity contribution >= 4 is 0 Å². The van der Waals surface area contributed by atoms with Crippen LogP contribution in [0.2, 0.25) is 0 Å². The second-order valence-corrected chi connectivity index (χ2v) is 8.50. The molecule has 0 radical (unpaired) electrons. The van der Waals surface area contributed by atoms with Crippen LogP contribution in [0, 0.1) is 0 Å². The molecule has 0 amide bonds. The van der Waals surface area contributed by atoms with Crippen LogP contribution in [-0.2, 0) is 6.54 Å². The van der Waals surface area contributed by atoms with Gasteiger partial charge in [-0.2, -0.15) is 0 Å². The van der Waals surface area contributed by atoms with Gasteiger partial charge in [0.25, 0.3) is 0 Å². The lowest BCUT2D eigenvalue weighted by molar-refractivity contribution is 0.203. The lowest BCUT2D eigenvalue weighted by Crippen LogP contribution is -2.32. The maximum absolute atomic E-state index is 5.47. The molecule has 5 heteroatoms. The van der Waals surface area contributed by atoms with Crippen LogP contribution in [0.3, 0.4) is 0 Å². The normalized spacial score (nSPS) is 14.8. The van der Waals surface area contributed by atoms with Crippen LogP contribution in [0.25, 0.3) is 22.5 Å². The summed E-state index contributed by atoms with van der Waals surface area (Å²) in [5.41, 5.74) is 5.68. The number of pyridine rings is 1. The highest BCUT2D eigenvalue weighted by molar-refractivity contribution is 5.69. The van der Waals surface area contributed by atoms with E-state index in [1.54, 1.807) is 19.5 Å².